The van der Waals surface area contributed by atoms with E-state index in [1.54, 1.807) is 12.1 Å². The van der Waals surface area contributed by atoms with E-state index in [9.17, 15) is 13.8 Å². The van der Waals surface area contributed by atoms with Gasteiger partial charge in [0.25, 0.3) is 5.56 Å². The highest BCUT2D eigenvalue weighted by molar-refractivity contribution is 7.93. The predicted molar refractivity (Wildman–Crippen MR) is 118 cm³/mol. The molecule has 9 heteroatoms. The number of rotatable bonds is 4. The van der Waals surface area contributed by atoms with E-state index in [4.69, 9.17) is 11.6 Å². The van der Waals surface area contributed by atoms with Crippen LogP contribution in [0.1, 0.15) is 35.2 Å². The van der Waals surface area contributed by atoms with Gasteiger partial charge in [0.2, 0.25) is 5.78 Å². The monoisotopic (exact) mass is 449 g/mol. The third-order valence-corrected chi connectivity index (χ3v) is 8.67. The summed E-state index contributed by atoms with van der Waals surface area (Å²) in [5.74, 6) is 0.581. The highest BCUT2D eigenvalue weighted by Gasteiger charge is 2.24. The molecule has 0 radical (unpaired) electrons. The van der Waals surface area contributed by atoms with Gasteiger partial charge in [-0.2, -0.15) is 4.36 Å². The van der Waals surface area contributed by atoms with Crippen LogP contribution in [-0.4, -0.2) is 31.3 Å². The molecule has 4 rings (SSSR count). The third kappa shape index (κ3) is 3.84. The number of aromatic amines is 1. The molecule has 1 aromatic carbocycles. The van der Waals surface area contributed by atoms with E-state index in [0.717, 1.165) is 29.7 Å². The number of benzene rings is 1. The number of H-pyrrole nitrogens is 1. The standard InChI is InChI=1S/C20H20ClN3O3S2/c1-24-20(26)15(12-22-24)19(25)14-8-7-13(16-6-5-9-28-16)18(17(14)21)23-29(27)10-3-2-4-11-29/h5-9,12,22H,2-4,10-11H2,1H3. The van der Waals surface area contributed by atoms with Crippen molar-refractivity contribution in [1.82, 2.24) is 9.78 Å². The van der Waals surface area contributed by atoms with Gasteiger partial charge in [0.15, 0.2) is 0 Å². The number of carbonyl (C=O) groups excluding carboxylic acids is 1. The molecule has 152 valence electrons. The van der Waals surface area contributed by atoms with Crippen LogP contribution < -0.4 is 5.56 Å². The summed E-state index contributed by atoms with van der Waals surface area (Å²) in [7, 11) is -0.892. The molecule has 1 aliphatic rings. The topological polar surface area (TPSA) is 84.3 Å². The lowest BCUT2D eigenvalue weighted by Gasteiger charge is -2.17. The zero-order valence-electron chi connectivity index (χ0n) is 15.8. The zero-order chi connectivity index (χ0) is 20.6. The van der Waals surface area contributed by atoms with Gasteiger partial charge in [-0.3, -0.25) is 14.3 Å². The Morgan fingerprint density at radius 3 is 2.59 bits per heavy atom. The first kappa shape index (κ1) is 20.1. The lowest BCUT2D eigenvalue weighted by Crippen LogP contribution is -2.19. The van der Waals surface area contributed by atoms with Crippen LogP contribution in [0.15, 0.2) is 45.0 Å². The van der Waals surface area contributed by atoms with Gasteiger partial charge < -0.3 is 5.10 Å². The molecule has 1 fully saturated rings. The number of carbonyl (C=O) groups is 1. The molecule has 1 aliphatic heterocycles. The lowest BCUT2D eigenvalue weighted by atomic mass is 10.0. The van der Waals surface area contributed by atoms with E-state index in [-0.39, 0.29) is 16.1 Å². The third-order valence-electron chi connectivity index (χ3n) is 5.01. The number of nitrogens with one attached hydrogen (secondary N) is 1. The number of aryl methyl sites for hydroxylation is 1. The summed E-state index contributed by atoms with van der Waals surface area (Å²) < 4.78 is 19.1. The molecule has 0 spiro atoms. The molecule has 1 saturated heterocycles. The number of hydrogen-bond donors (Lipinski definition) is 1. The van der Waals surface area contributed by atoms with E-state index in [0.29, 0.717) is 17.2 Å². The van der Waals surface area contributed by atoms with E-state index in [2.05, 4.69) is 9.46 Å². The van der Waals surface area contributed by atoms with Crippen molar-refractivity contribution in [3.8, 4) is 10.4 Å². The van der Waals surface area contributed by atoms with Crippen molar-refractivity contribution >= 4 is 44.1 Å². The first-order chi connectivity index (χ1) is 13.9. The summed E-state index contributed by atoms with van der Waals surface area (Å²) in [5, 5.41) is 4.78. The molecule has 3 aromatic rings. The van der Waals surface area contributed by atoms with E-state index in [1.165, 1.54) is 29.3 Å². The fourth-order valence-corrected chi connectivity index (χ4v) is 6.74. The van der Waals surface area contributed by atoms with Gasteiger partial charge in [-0.25, -0.2) is 4.21 Å². The molecule has 0 unspecified atom stereocenters. The van der Waals surface area contributed by atoms with Crippen LogP contribution in [-0.2, 0) is 16.8 Å². The molecule has 0 amide bonds. The van der Waals surface area contributed by atoms with E-state index < -0.39 is 21.1 Å². The van der Waals surface area contributed by atoms with Gasteiger partial charge in [0, 0.05) is 40.8 Å². The first-order valence-electron chi connectivity index (χ1n) is 9.28. The van der Waals surface area contributed by atoms with Crippen molar-refractivity contribution in [2.24, 2.45) is 11.4 Å². The second-order valence-electron chi connectivity index (χ2n) is 7.01. The van der Waals surface area contributed by atoms with Gasteiger partial charge in [-0.05, 0) is 30.4 Å². The lowest BCUT2D eigenvalue weighted by molar-refractivity contribution is 0.103. The molecule has 1 N–H and O–H groups in total. The van der Waals surface area contributed by atoms with Crippen LogP contribution in [0.25, 0.3) is 10.4 Å². The average Bonchev–Trinajstić information content (AvgIpc) is 3.34. The fraction of sp³-hybridized carbons (Fsp3) is 0.300. The van der Waals surface area contributed by atoms with Crippen molar-refractivity contribution in [1.29, 1.82) is 0 Å². The maximum absolute atomic E-state index is 13.3. The van der Waals surface area contributed by atoms with Crippen molar-refractivity contribution < 1.29 is 9.00 Å². The van der Waals surface area contributed by atoms with Crippen molar-refractivity contribution in [2.75, 3.05) is 11.5 Å². The fourth-order valence-electron chi connectivity index (χ4n) is 3.42. The summed E-state index contributed by atoms with van der Waals surface area (Å²) >= 11 is 8.18. The average molecular weight is 450 g/mol. The number of aromatic nitrogens is 2. The normalized spacial score (nSPS) is 15.9. The summed E-state index contributed by atoms with van der Waals surface area (Å²) in [5.41, 5.74) is 0.883. The minimum atomic E-state index is -2.43. The predicted octanol–water partition coefficient (Wildman–Crippen LogP) is 4.61. The SMILES string of the molecule is Cn1[nH]cc(C(=O)c2ccc(-c3cccs3)c(N=S3(=O)CCCCC3)c2Cl)c1=O. The molecule has 29 heavy (non-hydrogen) atoms. The second-order valence-corrected chi connectivity index (χ2v) is 10.9. The van der Waals surface area contributed by atoms with Gasteiger partial charge in [-0.15, -0.1) is 11.3 Å². The van der Waals surface area contributed by atoms with Gasteiger partial charge >= 0.3 is 0 Å². The minimum Gasteiger partial charge on any atom is -0.302 e. The Labute approximate surface area is 177 Å². The molecular weight excluding hydrogens is 430 g/mol. The summed E-state index contributed by atoms with van der Waals surface area (Å²) in [6.07, 6.45) is 4.15. The van der Waals surface area contributed by atoms with Crippen LogP contribution in [0.2, 0.25) is 5.02 Å². The number of ketones is 1. The Bertz CT molecular complexity index is 1240. The largest absolute Gasteiger partial charge is 0.302 e. The molecule has 0 bridgehead atoms. The van der Waals surface area contributed by atoms with Gasteiger partial charge in [0.1, 0.15) is 11.3 Å². The van der Waals surface area contributed by atoms with Crippen molar-refractivity contribution in [3.05, 3.63) is 62.3 Å². The maximum Gasteiger partial charge on any atom is 0.277 e. The van der Waals surface area contributed by atoms with Crippen LogP contribution in [0, 0.1) is 0 Å². The molecule has 2 aromatic heterocycles. The summed E-state index contributed by atoms with van der Waals surface area (Å²) in [4.78, 5) is 26.1. The Morgan fingerprint density at radius 2 is 1.97 bits per heavy atom. The van der Waals surface area contributed by atoms with Crippen LogP contribution >= 0.6 is 22.9 Å². The van der Waals surface area contributed by atoms with Crippen LogP contribution in [0.3, 0.4) is 0 Å². The number of thiophene rings is 1. The van der Waals surface area contributed by atoms with Gasteiger partial charge in [-0.1, -0.05) is 30.2 Å². The molecule has 0 saturated carbocycles. The molecule has 0 aliphatic carbocycles. The molecule has 3 heterocycles. The summed E-state index contributed by atoms with van der Waals surface area (Å²) in [6.45, 7) is 0. The van der Waals surface area contributed by atoms with Crippen molar-refractivity contribution in [2.45, 2.75) is 19.3 Å². The van der Waals surface area contributed by atoms with E-state index >= 15 is 0 Å². The molecule has 0 atom stereocenters. The zero-order valence-corrected chi connectivity index (χ0v) is 18.2. The number of hydrogen-bond acceptors (Lipinski definition) is 5. The Kier molecular flexibility index (Phi) is 5.50. The Hall–Kier alpha value is -2.16. The van der Waals surface area contributed by atoms with Crippen LogP contribution in [0.5, 0.6) is 0 Å². The highest BCUT2D eigenvalue weighted by Crippen LogP contribution is 2.42. The maximum atomic E-state index is 13.3. The van der Waals surface area contributed by atoms with Crippen molar-refractivity contribution in [3.63, 3.8) is 0 Å². The van der Waals surface area contributed by atoms with E-state index in [1.807, 2.05) is 17.5 Å². The first-order valence-corrected chi connectivity index (χ1v) is 12.4. The minimum absolute atomic E-state index is 0.00562. The Morgan fingerprint density at radius 1 is 1.21 bits per heavy atom. The number of halogens is 1. The summed E-state index contributed by atoms with van der Waals surface area (Å²) in [6, 6.07) is 7.23. The second kappa shape index (κ2) is 7.93. The Balaban J connectivity index is 1.91. The number of nitrogens with zero attached hydrogens (tertiary/aromatic N) is 2. The highest BCUT2D eigenvalue weighted by atomic mass is 35.5. The van der Waals surface area contributed by atoms with Gasteiger partial charge in [0.05, 0.1) is 14.8 Å². The smallest absolute Gasteiger partial charge is 0.277 e. The molecular formula is C20H20ClN3O3S2. The van der Waals surface area contributed by atoms with Crippen LogP contribution in [0.4, 0.5) is 5.69 Å². The quantitative estimate of drug-likeness (QED) is 0.590. The molecule has 6 nitrogen and oxygen atoms in total.